The zero-order valence-electron chi connectivity index (χ0n) is 10.9. The number of fused-ring (bicyclic) bond motifs is 2. The maximum absolute atomic E-state index is 11.6. The van der Waals surface area contributed by atoms with Gasteiger partial charge in [0.05, 0.1) is 18.4 Å². The SMILES string of the molecule is COC(=O)c1cc(N=[N+]=[N-])c2c(c1)Oc1ccccc1O2. The Kier molecular flexibility index (Phi) is 3.10. The van der Waals surface area contributed by atoms with Gasteiger partial charge < -0.3 is 14.2 Å². The predicted molar refractivity (Wildman–Crippen MR) is 73.2 cm³/mol. The van der Waals surface area contributed by atoms with E-state index in [1.807, 2.05) is 0 Å². The van der Waals surface area contributed by atoms with Crippen LogP contribution in [0, 0.1) is 0 Å². The van der Waals surface area contributed by atoms with E-state index in [9.17, 15) is 4.79 Å². The molecule has 104 valence electrons. The van der Waals surface area contributed by atoms with E-state index in [4.69, 9.17) is 15.0 Å². The summed E-state index contributed by atoms with van der Waals surface area (Å²) in [5, 5.41) is 3.54. The Morgan fingerprint density at radius 3 is 2.57 bits per heavy atom. The van der Waals surface area contributed by atoms with E-state index in [1.165, 1.54) is 19.2 Å². The maximum atomic E-state index is 11.6. The molecule has 1 heterocycles. The monoisotopic (exact) mass is 283 g/mol. The summed E-state index contributed by atoms with van der Waals surface area (Å²) in [6.45, 7) is 0. The fourth-order valence-electron chi connectivity index (χ4n) is 1.97. The van der Waals surface area contributed by atoms with E-state index in [-0.39, 0.29) is 17.0 Å². The van der Waals surface area contributed by atoms with Crippen LogP contribution in [0.5, 0.6) is 23.0 Å². The van der Waals surface area contributed by atoms with Crippen LogP contribution in [0.1, 0.15) is 10.4 Å². The number of nitrogens with zero attached hydrogens (tertiary/aromatic N) is 3. The lowest BCUT2D eigenvalue weighted by atomic mass is 10.1. The van der Waals surface area contributed by atoms with Gasteiger partial charge in [-0.2, -0.15) is 0 Å². The van der Waals surface area contributed by atoms with Gasteiger partial charge in [0.1, 0.15) is 0 Å². The lowest BCUT2D eigenvalue weighted by Gasteiger charge is -2.22. The molecular formula is C14H9N3O4. The summed E-state index contributed by atoms with van der Waals surface area (Å²) in [6, 6.07) is 9.92. The number of methoxy groups -OCH3 is 1. The molecular weight excluding hydrogens is 274 g/mol. The van der Waals surface area contributed by atoms with Crippen LogP contribution < -0.4 is 9.47 Å². The molecule has 0 aliphatic carbocycles. The molecule has 2 aromatic rings. The Morgan fingerprint density at radius 1 is 1.19 bits per heavy atom. The Hall–Kier alpha value is -3.18. The first-order valence-corrected chi connectivity index (χ1v) is 5.99. The van der Waals surface area contributed by atoms with Crippen molar-refractivity contribution in [3.63, 3.8) is 0 Å². The molecule has 1 aliphatic heterocycles. The number of esters is 1. The highest BCUT2D eigenvalue weighted by Crippen LogP contribution is 2.50. The molecule has 0 aromatic heterocycles. The topological polar surface area (TPSA) is 93.5 Å². The first-order valence-electron chi connectivity index (χ1n) is 5.99. The van der Waals surface area contributed by atoms with Crippen LogP contribution in [0.15, 0.2) is 41.5 Å². The molecule has 0 spiro atoms. The van der Waals surface area contributed by atoms with Gasteiger partial charge in [0.15, 0.2) is 23.0 Å². The summed E-state index contributed by atoms with van der Waals surface area (Å²) in [4.78, 5) is 14.4. The molecule has 2 aromatic carbocycles. The molecule has 0 radical (unpaired) electrons. The minimum absolute atomic E-state index is 0.157. The molecule has 0 amide bonds. The van der Waals surface area contributed by atoms with Crippen LogP contribution in [-0.2, 0) is 4.74 Å². The normalized spacial score (nSPS) is 11.1. The lowest BCUT2D eigenvalue weighted by molar-refractivity contribution is 0.0600. The van der Waals surface area contributed by atoms with Gasteiger partial charge in [-0.15, -0.1) is 0 Å². The third-order valence-corrected chi connectivity index (χ3v) is 2.89. The Labute approximate surface area is 119 Å². The van der Waals surface area contributed by atoms with E-state index in [2.05, 4.69) is 14.8 Å². The van der Waals surface area contributed by atoms with E-state index in [1.54, 1.807) is 24.3 Å². The van der Waals surface area contributed by atoms with Crippen LogP contribution in [0.4, 0.5) is 5.69 Å². The quantitative estimate of drug-likeness (QED) is 0.303. The van der Waals surface area contributed by atoms with Crippen molar-refractivity contribution in [1.82, 2.24) is 0 Å². The number of azide groups is 1. The molecule has 0 saturated carbocycles. The number of carbonyl (C=O) groups excluding carboxylic acids is 1. The maximum Gasteiger partial charge on any atom is 0.337 e. The second kappa shape index (κ2) is 5.07. The Balaban J connectivity index is 2.16. The standard InChI is InChI=1S/C14H9N3O4/c1-19-14(18)8-6-9(16-17-15)13-12(7-8)20-10-4-2-3-5-11(10)21-13/h2-7H,1H3. The lowest BCUT2D eigenvalue weighted by Crippen LogP contribution is -2.04. The van der Waals surface area contributed by atoms with Crippen LogP contribution in [0.2, 0.25) is 0 Å². The molecule has 0 bridgehead atoms. The minimum Gasteiger partial charge on any atom is -0.465 e. The zero-order chi connectivity index (χ0) is 14.8. The summed E-state index contributed by atoms with van der Waals surface area (Å²) in [6.07, 6.45) is 0. The summed E-state index contributed by atoms with van der Waals surface area (Å²) < 4.78 is 16.0. The van der Waals surface area contributed by atoms with Gasteiger partial charge in [0, 0.05) is 4.91 Å². The molecule has 0 saturated heterocycles. The van der Waals surface area contributed by atoms with Gasteiger partial charge in [-0.3, -0.25) is 0 Å². The fraction of sp³-hybridized carbons (Fsp3) is 0.0714. The van der Waals surface area contributed by atoms with Gasteiger partial charge in [-0.05, 0) is 29.8 Å². The average Bonchev–Trinajstić information content (AvgIpc) is 2.52. The highest BCUT2D eigenvalue weighted by atomic mass is 16.6. The van der Waals surface area contributed by atoms with Gasteiger partial charge >= 0.3 is 5.97 Å². The summed E-state index contributed by atoms with van der Waals surface area (Å²) in [5.74, 6) is 1.01. The van der Waals surface area contributed by atoms with Crippen molar-refractivity contribution in [2.24, 2.45) is 5.11 Å². The van der Waals surface area contributed by atoms with Crippen molar-refractivity contribution in [2.45, 2.75) is 0 Å². The van der Waals surface area contributed by atoms with Crippen LogP contribution in [0.25, 0.3) is 10.4 Å². The second-order valence-corrected chi connectivity index (χ2v) is 4.15. The van der Waals surface area contributed by atoms with Crippen molar-refractivity contribution < 1.29 is 19.0 Å². The molecule has 0 unspecified atom stereocenters. The van der Waals surface area contributed by atoms with Crippen LogP contribution in [-0.4, -0.2) is 13.1 Å². The van der Waals surface area contributed by atoms with Gasteiger partial charge in [0.2, 0.25) is 0 Å². The van der Waals surface area contributed by atoms with Crippen molar-refractivity contribution >= 4 is 11.7 Å². The van der Waals surface area contributed by atoms with Crippen molar-refractivity contribution in [3.05, 3.63) is 52.4 Å². The first kappa shape index (κ1) is 12.8. The van der Waals surface area contributed by atoms with E-state index < -0.39 is 5.97 Å². The second-order valence-electron chi connectivity index (χ2n) is 4.15. The van der Waals surface area contributed by atoms with Crippen molar-refractivity contribution in [1.29, 1.82) is 0 Å². The van der Waals surface area contributed by atoms with Gasteiger partial charge in [-0.1, -0.05) is 17.2 Å². The van der Waals surface area contributed by atoms with Gasteiger partial charge in [-0.25, -0.2) is 4.79 Å². The Morgan fingerprint density at radius 2 is 1.90 bits per heavy atom. The molecule has 7 heteroatoms. The number of para-hydroxylation sites is 2. The summed E-state index contributed by atoms with van der Waals surface area (Å²) in [5.41, 5.74) is 9.02. The highest BCUT2D eigenvalue weighted by Gasteiger charge is 2.23. The summed E-state index contributed by atoms with van der Waals surface area (Å²) >= 11 is 0. The molecule has 7 nitrogen and oxygen atoms in total. The Bertz CT molecular complexity index is 782. The van der Waals surface area contributed by atoms with E-state index in [0.29, 0.717) is 17.2 Å². The molecule has 21 heavy (non-hydrogen) atoms. The zero-order valence-corrected chi connectivity index (χ0v) is 10.9. The summed E-state index contributed by atoms with van der Waals surface area (Å²) in [7, 11) is 1.27. The van der Waals surface area contributed by atoms with E-state index in [0.717, 1.165) is 0 Å². The van der Waals surface area contributed by atoms with E-state index >= 15 is 0 Å². The number of hydrogen-bond acceptors (Lipinski definition) is 5. The highest BCUT2D eigenvalue weighted by molar-refractivity contribution is 5.92. The van der Waals surface area contributed by atoms with Crippen LogP contribution in [0.3, 0.4) is 0 Å². The third kappa shape index (κ3) is 2.22. The van der Waals surface area contributed by atoms with Crippen molar-refractivity contribution in [2.75, 3.05) is 7.11 Å². The number of rotatable bonds is 2. The van der Waals surface area contributed by atoms with Gasteiger partial charge in [0.25, 0.3) is 0 Å². The average molecular weight is 283 g/mol. The first-order chi connectivity index (χ1) is 10.2. The number of benzene rings is 2. The molecule has 0 atom stereocenters. The molecule has 0 N–H and O–H groups in total. The largest absolute Gasteiger partial charge is 0.465 e. The molecule has 1 aliphatic rings. The smallest absolute Gasteiger partial charge is 0.337 e. The number of ether oxygens (including phenoxy) is 3. The van der Waals surface area contributed by atoms with Crippen LogP contribution >= 0.6 is 0 Å². The number of hydrogen-bond donors (Lipinski definition) is 0. The number of carbonyl (C=O) groups is 1. The van der Waals surface area contributed by atoms with Crippen molar-refractivity contribution in [3.8, 4) is 23.0 Å². The molecule has 0 fully saturated rings. The third-order valence-electron chi connectivity index (χ3n) is 2.89. The minimum atomic E-state index is -0.561. The predicted octanol–water partition coefficient (Wildman–Crippen LogP) is 4.31. The molecule has 3 rings (SSSR count). The fourth-order valence-corrected chi connectivity index (χ4v) is 1.97.